The number of allylic oxidation sites excluding steroid dienone is 5. The smallest absolute Gasteiger partial charge is 0.0104 e. The first-order valence-corrected chi connectivity index (χ1v) is 17.4. The molecule has 1 heteroatoms. The van der Waals surface area contributed by atoms with Crippen LogP contribution in [0.15, 0.2) is 36.0 Å². The van der Waals surface area contributed by atoms with Crippen LogP contribution < -0.4 is 0 Å². The Hall–Kier alpha value is -0.820. The van der Waals surface area contributed by atoms with E-state index in [2.05, 4.69) is 85.4 Å². The minimum absolute atomic E-state index is 0.126. The first-order valence-electron chi connectivity index (χ1n) is 17.4. The molecule has 5 aliphatic rings. The lowest BCUT2D eigenvalue weighted by Gasteiger charge is -2.66. The van der Waals surface area contributed by atoms with E-state index in [1.54, 1.807) is 5.57 Å². The molecule has 0 amide bonds. The van der Waals surface area contributed by atoms with Gasteiger partial charge in [-0.1, -0.05) is 97.8 Å². The summed E-state index contributed by atoms with van der Waals surface area (Å²) in [6, 6.07) is 0. The predicted octanol–water partition coefficient (Wildman–Crippen LogP) is 10.9. The standard InChI is InChI=1S/C39H65N/c1-11-17-38(10)32(35(4,5)6)15-19-37(9)30-14-20-39(18-12-13-23-40-24-16-28(2)27-40)22-21-36(7,8)26-31(39)34(30)29(3)25-33(37)38/h11,17,25,28,30-32,34H,3,12-16,18-24,26-27H2,1-2,4-10H3/b17-11-. The van der Waals surface area contributed by atoms with Gasteiger partial charge < -0.3 is 4.90 Å². The van der Waals surface area contributed by atoms with Crippen molar-refractivity contribution in [3.63, 3.8) is 0 Å². The second-order valence-electron chi connectivity index (χ2n) is 18.0. The summed E-state index contributed by atoms with van der Waals surface area (Å²) >= 11 is 0. The molecule has 0 spiro atoms. The zero-order valence-electron chi connectivity index (χ0n) is 28.2. The van der Waals surface area contributed by atoms with Crippen molar-refractivity contribution < 1.29 is 0 Å². The molecule has 4 fully saturated rings. The number of fused-ring (bicyclic) bond motifs is 5. The molecule has 3 saturated carbocycles. The molecule has 0 radical (unpaired) electrons. The van der Waals surface area contributed by atoms with E-state index < -0.39 is 0 Å². The highest BCUT2D eigenvalue weighted by Gasteiger charge is 2.62. The molecule has 0 aromatic carbocycles. The van der Waals surface area contributed by atoms with Crippen molar-refractivity contribution in [3.05, 3.63) is 36.0 Å². The number of unbranched alkanes of at least 4 members (excludes halogenated alkanes) is 1. The zero-order chi connectivity index (χ0) is 29.1. The Bertz CT molecular complexity index is 1010. The molecule has 8 unspecified atom stereocenters. The van der Waals surface area contributed by atoms with Crippen LogP contribution in [0.1, 0.15) is 133 Å². The van der Waals surface area contributed by atoms with E-state index >= 15 is 0 Å². The highest BCUT2D eigenvalue weighted by molar-refractivity contribution is 5.43. The third-order valence-electron chi connectivity index (χ3n) is 13.6. The van der Waals surface area contributed by atoms with Crippen LogP contribution in [-0.4, -0.2) is 24.5 Å². The van der Waals surface area contributed by atoms with Gasteiger partial charge in [0.25, 0.3) is 0 Å². The lowest BCUT2D eigenvalue weighted by Crippen LogP contribution is -2.57. The molecule has 1 aliphatic heterocycles. The monoisotopic (exact) mass is 548 g/mol. The molecule has 0 bridgehead atoms. The van der Waals surface area contributed by atoms with Gasteiger partial charge >= 0.3 is 0 Å². The summed E-state index contributed by atoms with van der Waals surface area (Å²) < 4.78 is 0. The van der Waals surface area contributed by atoms with E-state index in [9.17, 15) is 0 Å². The van der Waals surface area contributed by atoms with Crippen LogP contribution in [0.3, 0.4) is 0 Å². The fourth-order valence-corrected chi connectivity index (χ4v) is 11.7. The first kappa shape index (κ1) is 30.6. The van der Waals surface area contributed by atoms with E-state index in [1.807, 2.05) is 0 Å². The fourth-order valence-electron chi connectivity index (χ4n) is 11.7. The van der Waals surface area contributed by atoms with Gasteiger partial charge in [0.05, 0.1) is 0 Å². The summed E-state index contributed by atoms with van der Waals surface area (Å²) in [5, 5.41) is 0. The van der Waals surface area contributed by atoms with Gasteiger partial charge in [0.1, 0.15) is 0 Å². The number of hydrogen-bond donors (Lipinski definition) is 0. The van der Waals surface area contributed by atoms with Crippen molar-refractivity contribution in [3.8, 4) is 0 Å². The first-order chi connectivity index (χ1) is 18.7. The maximum absolute atomic E-state index is 4.95. The van der Waals surface area contributed by atoms with Crippen LogP contribution in [0.4, 0.5) is 0 Å². The number of likely N-dealkylation sites (tertiary alicyclic amines) is 1. The predicted molar refractivity (Wildman–Crippen MR) is 174 cm³/mol. The van der Waals surface area contributed by atoms with Gasteiger partial charge in [0.2, 0.25) is 0 Å². The molecule has 0 N–H and O–H groups in total. The number of nitrogens with zero attached hydrogens (tertiary/aromatic N) is 1. The van der Waals surface area contributed by atoms with Gasteiger partial charge in [0.15, 0.2) is 0 Å². The summed E-state index contributed by atoms with van der Waals surface area (Å²) in [7, 11) is 0. The van der Waals surface area contributed by atoms with Crippen LogP contribution in [-0.2, 0) is 0 Å². The van der Waals surface area contributed by atoms with Gasteiger partial charge in [-0.25, -0.2) is 0 Å². The third kappa shape index (κ3) is 5.26. The quantitative estimate of drug-likeness (QED) is 0.236. The number of hydrogen-bond acceptors (Lipinski definition) is 1. The molecule has 5 rings (SSSR count). The average Bonchev–Trinajstić information content (AvgIpc) is 3.27. The molecule has 0 aromatic heterocycles. The molecule has 4 aliphatic carbocycles. The summed E-state index contributed by atoms with van der Waals surface area (Å²) in [5.41, 5.74) is 4.99. The van der Waals surface area contributed by atoms with E-state index in [0.29, 0.717) is 33.5 Å². The third-order valence-corrected chi connectivity index (χ3v) is 13.6. The van der Waals surface area contributed by atoms with Gasteiger partial charge in [0, 0.05) is 12.0 Å². The molecular weight excluding hydrogens is 482 g/mol. The Morgan fingerprint density at radius 3 is 2.38 bits per heavy atom. The zero-order valence-corrected chi connectivity index (χ0v) is 28.2. The average molecular weight is 548 g/mol. The van der Waals surface area contributed by atoms with Gasteiger partial charge in [-0.2, -0.15) is 0 Å². The Morgan fingerprint density at radius 2 is 1.73 bits per heavy atom. The van der Waals surface area contributed by atoms with Crippen molar-refractivity contribution >= 4 is 0 Å². The van der Waals surface area contributed by atoms with E-state index in [-0.39, 0.29) is 5.41 Å². The summed E-state index contributed by atoms with van der Waals surface area (Å²) in [4.78, 5) is 2.74. The molecular formula is C39H65N. The van der Waals surface area contributed by atoms with Gasteiger partial charge in [-0.15, -0.1) is 0 Å². The Kier molecular flexibility index (Phi) is 8.21. The van der Waals surface area contributed by atoms with Crippen LogP contribution in [0.25, 0.3) is 0 Å². The number of rotatable bonds is 6. The molecule has 1 heterocycles. The highest BCUT2D eigenvalue weighted by atomic mass is 15.1. The maximum Gasteiger partial charge on any atom is 0.0104 e. The van der Waals surface area contributed by atoms with Crippen LogP contribution in [0.2, 0.25) is 0 Å². The highest BCUT2D eigenvalue weighted by Crippen LogP contribution is 2.71. The largest absolute Gasteiger partial charge is 0.303 e. The topological polar surface area (TPSA) is 3.24 Å². The van der Waals surface area contributed by atoms with Gasteiger partial charge in [-0.3, -0.25) is 0 Å². The van der Waals surface area contributed by atoms with Crippen molar-refractivity contribution in [1.29, 1.82) is 0 Å². The second-order valence-corrected chi connectivity index (χ2v) is 18.0. The Balaban J connectivity index is 1.44. The molecule has 8 atom stereocenters. The fraction of sp³-hybridized carbons (Fsp3) is 0.846. The molecule has 226 valence electrons. The van der Waals surface area contributed by atoms with Crippen molar-refractivity contribution in [2.75, 3.05) is 19.6 Å². The van der Waals surface area contributed by atoms with Crippen LogP contribution in [0.5, 0.6) is 0 Å². The van der Waals surface area contributed by atoms with E-state index in [0.717, 1.165) is 17.8 Å². The second kappa shape index (κ2) is 10.7. The summed E-state index contributed by atoms with van der Waals surface area (Å²) in [6.45, 7) is 31.5. The molecule has 40 heavy (non-hydrogen) atoms. The molecule has 1 nitrogen and oxygen atoms in total. The van der Waals surface area contributed by atoms with Crippen molar-refractivity contribution in [2.45, 2.75) is 133 Å². The molecule has 1 saturated heterocycles. The summed E-state index contributed by atoms with van der Waals surface area (Å²) in [6.07, 6.45) is 23.2. The normalized spacial score (nSPS) is 43.8. The molecule has 0 aromatic rings. The maximum atomic E-state index is 4.95. The lowest BCUT2D eigenvalue weighted by molar-refractivity contribution is -0.0993. The lowest BCUT2D eigenvalue weighted by atomic mass is 9.39. The van der Waals surface area contributed by atoms with Gasteiger partial charge in [-0.05, 0) is 135 Å². The Morgan fingerprint density at radius 1 is 0.975 bits per heavy atom. The SMILES string of the molecule is C=C1C=C2C(C)(/C=C\C)C(C(C)(C)C)CCC2(C)C2CCC3(CCCCN4CCC(C)C4)CCC(C)(C)CC3C12. The van der Waals surface area contributed by atoms with E-state index in [1.165, 1.54) is 95.8 Å². The minimum atomic E-state index is 0.126. The van der Waals surface area contributed by atoms with Crippen molar-refractivity contribution in [1.82, 2.24) is 4.90 Å². The van der Waals surface area contributed by atoms with Crippen LogP contribution in [0, 0.1) is 56.7 Å². The Labute approximate surface area is 249 Å². The van der Waals surface area contributed by atoms with Crippen molar-refractivity contribution in [2.24, 2.45) is 56.7 Å². The van der Waals surface area contributed by atoms with Crippen LogP contribution >= 0.6 is 0 Å². The van der Waals surface area contributed by atoms with E-state index in [4.69, 9.17) is 6.58 Å². The summed E-state index contributed by atoms with van der Waals surface area (Å²) in [5.74, 6) is 3.85. The minimum Gasteiger partial charge on any atom is -0.303 e.